The molecule has 148 valence electrons. The van der Waals surface area contributed by atoms with E-state index in [4.69, 9.17) is 0 Å². The molecule has 28 heavy (non-hydrogen) atoms. The summed E-state index contributed by atoms with van der Waals surface area (Å²) in [6.07, 6.45) is 4.44. The van der Waals surface area contributed by atoms with Crippen LogP contribution in [0.3, 0.4) is 0 Å². The van der Waals surface area contributed by atoms with Gasteiger partial charge in [0.05, 0.1) is 5.60 Å². The van der Waals surface area contributed by atoms with Crippen LogP contribution < -0.4 is 17.0 Å². The molecule has 2 aromatic carbocycles. The molecule has 1 atom stereocenters. The van der Waals surface area contributed by atoms with Gasteiger partial charge in [-0.05, 0) is 63.1 Å². The van der Waals surface area contributed by atoms with Gasteiger partial charge in [0, 0.05) is 11.7 Å². The summed E-state index contributed by atoms with van der Waals surface area (Å²) in [5.74, 6) is 0.729. The van der Waals surface area contributed by atoms with Gasteiger partial charge in [0.1, 0.15) is 11.6 Å². The maximum Gasteiger partial charge on any atom is 2.00 e. The van der Waals surface area contributed by atoms with E-state index in [1.165, 1.54) is 36.4 Å². The first-order chi connectivity index (χ1) is 12.3. The van der Waals surface area contributed by atoms with E-state index in [1.54, 1.807) is 26.0 Å². The van der Waals surface area contributed by atoms with Crippen LogP contribution >= 0.6 is 0 Å². The molecule has 6 heteroatoms. The van der Waals surface area contributed by atoms with Crippen LogP contribution in [0.1, 0.15) is 45.1 Å². The molecule has 2 aliphatic rings. The molecule has 2 fully saturated rings. The maximum absolute atomic E-state index is 12.6. The number of aliphatic hydroxyl groups is 1. The van der Waals surface area contributed by atoms with Crippen molar-refractivity contribution in [1.82, 2.24) is 0 Å². The van der Waals surface area contributed by atoms with Crippen LogP contribution in [0.2, 0.25) is 0 Å². The van der Waals surface area contributed by atoms with Crippen molar-refractivity contribution in [2.75, 3.05) is 0 Å². The number of hydrogen-bond donors (Lipinski definition) is 1. The second kappa shape index (κ2) is 12.7. The Bertz CT molecular complexity index is 700. The predicted octanol–water partition coefficient (Wildman–Crippen LogP) is 1.68. The molecular weight excluding hydrogens is 438 g/mol. The second-order valence-corrected chi connectivity index (χ2v) is 7.03. The van der Waals surface area contributed by atoms with Crippen LogP contribution in [0, 0.1) is 29.5 Å². The van der Waals surface area contributed by atoms with Crippen molar-refractivity contribution in [3.63, 3.8) is 0 Å². The van der Waals surface area contributed by atoms with Crippen LogP contribution in [0.4, 0.5) is 8.78 Å². The molecule has 2 saturated carbocycles. The monoisotopic (exact) mass is 462 g/mol. The molecule has 4 rings (SSSR count). The molecule has 0 spiro atoms. The van der Waals surface area contributed by atoms with Gasteiger partial charge < -0.3 is 22.1 Å². The number of ketones is 1. The third kappa shape index (κ3) is 9.59. The van der Waals surface area contributed by atoms with E-state index in [0.29, 0.717) is 17.6 Å². The number of benzene rings is 2. The number of carbonyl (C=O) groups excluding carboxylic acids is 1. The summed E-state index contributed by atoms with van der Waals surface area (Å²) in [6.45, 7) is 3.47. The quantitative estimate of drug-likeness (QED) is 0.556. The fourth-order valence-corrected chi connectivity index (χ4v) is 2.52. The topological polar surface area (TPSA) is 37.3 Å². The van der Waals surface area contributed by atoms with Crippen molar-refractivity contribution in [3.8, 4) is 0 Å². The summed E-state index contributed by atoms with van der Waals surface area (Å²) in [6, 6.07) is 14.6. The van der Waals surface area contributed by atoms with Crippen LogP contribution in [0.25, 0.3) is 0 Å². The van der Waals surface area contributed by atoms with Gasteiger partial charge in [-0.1, -0.05) is 12.1 Å². The zero-order chi connectivity index (χ0) is 19.2. The number of halogens is 3. The molecule has 1 unspecified atom stereocenters. The number of rotatable bonds is 3. The van der Waals surface area contributed by atoms with E-state index < -0.39 is 5.60 Å². The van der Waals surface area contributed by atoms with Crippen molar-refractivity contribution >= 4 is 28.8 Å². The van der Waals surface area contributed by atoms with Crippen molar-refractivity contribution in [2.45, 2.75) is 45.1 Å². The summed E-state index contributed by atoms with van der Waals surface area (Å²) < 4.78 is 24.5. The Morgan fingerprint density at radius 2 is 1.46 bits per heavy atom. The molecule has 0 amide bonds. The Labute approximate surface area is 192 Å². The SMILES string of the molecule is CC(=O)C1CC1.CC(O)(c1ccc(F)cc1)C1CC1.Fc1cc[c-]cc1.[Br-].[Mg+2]. The minimum Gasteiger partial charge on any atom is -1.00 e. The Kier molecular flexibility index (Phi) is 12.3. The first-order valence-corrected chi connectivity index (χ1v) is 8.91. The Morgan fingerprint density at radius 3 is 1.75 bits per heavy atom. The molecular formula is C22H25BrF2MgO2. The molecule has 1 N–H and O–H groups in total. The first kappa shape index (κ1) is 27.2. The van der Waals surface area contributed by atoms with E-state index in [2.05, 4.69) is 6.07 Å². The van der Waals surface area contributed by atoms with Gasteiger partial charge in [0.25, 0.3) is 0 Å². The van der Waals surface area contributed by atoms with E-state index in [1.807, 2.05) is 0 Å². The van der Waals surface area contributed by atoms with E-state index in [0.717, 1.165) is 31.2 Å². The number of Topliss-reactive ketones (excluding diaryl/α,β-unsaturated/α-hetero) is 1. The average Bonchev–Trinajstić information content (AvgIpc) is 3.50. The third-order valence-electron chi connectivity index (χ3n) is 4.63. The molecule has 2 aliphatic carbocycles. The Hall–Kier alpha value is -0.824. The normalized spacial score (nSPS) is 16.5. The van der Waals surface area contributed by atoms with Crippen LogP contribution in [-0.2, 0) is 10.4 Å². The standard InChI is InChI=1S/C11H13FO.C6H4F.C5H8O.BrH.Mg/c1-11(13,8-2-3-8)9-4-6-10(12)7-5-9;7-6-4-2-1-3-5-6;1-4(6)5-2-3-5;;/h4-8,13H,2-3H2,1H3;2-5H;5H,2-3H2,1H3;1H;/q;-1;;;+2/p-1. The minimum absolute atomic E-state index is 0. The van der Waals surface area contributed by atoms with Gasteiger partial charge in [-0.3, -0.25) is 4.79 Å². The van der Waals surface area contributed by atoms with Gasteiger partial charge in [-0.2, -0.15) is 18.2 Å². The average molecular weight is 464 g/mol. The van der Waals surface area contributed by atoms with E-state index >= 15 is 0 Å². The number of hydrogen-bond acceptors (Lipinski definition) is 2. The summed E-state index contributed by atoms with van der Waals surface area (Å²) in [4.78, 5) is 10.2. The second-order valence-electron chi connectivity index (χ2n) is 7.03. The zero-order valence-corrected chi connectivity index (χ0v) is 19.3. The molecule has 0 heterocycles. The maximum atomic E-state index is 12.6. The van der Waals surface area contributed by atoms with Crippen LogP contribution in [0.5, 0.6) is 0 Å². The van der Waals surface area contributed by atoms with Gasteiger partial charge >= 0.3 is 23.1 Å². The van der Waals surface area contributed by atoms with Crippen LogP contribution in [-0.4, -0.2) is 33.9 Å². The van der Waals surface area contributed by atoms with Crippen molar-refractivity contribution in [1.29, 1.82) is 0 Å². The molecule has 0 aromatic heterocycles. The van der Waals surface area contributed by atoms with Crippen molar-refractivity contribution < 1.29 is 35.7 Å². The molecule has 2 aromatic rings. The molecule has 2 nitrogen and oxygen atoms in total. The first-order valence-electron chi connectivity index (χ1n) is 8.91. The van der Waals surface area contributed by atoms with Crippen LogP contribution in [0.15, 0.2) is 48.5 Å². The third-order valence-corrected chi connectivity index (χ3v) is 4.63. The Balaban J connectivity index is 0.000000416. The van der Waals surface area contributed by atoms with E-state index in [-0.39, 0.29) is 51.7 Å². The minimum atomic E-state index is -0.770. The molecule has 0 saturated heterocycles. The summed E-state index contributed by atoms with van der Waals surface area (Å²) in [7, 11) is 0. The van der Waals surface area contributed by atoms with Gasteiger partial charge in [0.2, 0.25) is 0 Å². The fraction of sp³-hybridized carbons (Fsp3) is 0.409. The Morgan fingerprint density at radius 1 is 1.00 bits per heavy atom. The molecule has 0 aliphatic heterocycles. The zero-order valence-electron chi connectivity index (χ0n) is 16.3. The fourth-order valence-electron chi connectivity index (χ4n) is 2.52. The van der Waals surface area contributed by atoms with Gasteiger partial charge in [-0.15, -0.1) is 12.1 Å². The van der Waals surface area contributed by atoms with Gasteiger partial charge in [0.15, 0.2) is 0 Å². The van der Waals surface area contributed by atoms with Gasteiger partial charge in [-0.25, -0.2) is 8.78 Å². The predicted molar refractivity (Wildman–Crippen MR) is 103 cm³/mol. The summed E-state index contributed by atoms with van der Waals surface area (Å²) in [5, 5.41) is 10.1. The van der Waals surface area contributed by atoms with Crippen molar-refractivity contribution in [3.05, 3.63) is 71.8 Å². The summed E-state index contributed by atoms with van der Waals surface area (Å²) in [5.41, 5.74) is 0.0460. The molecule has 0 bridgehead atoms. The summed E-state index contributed by atoms with van der Waals surface area (Å²) >= 11 is 0. The van der Waals surface area contributed by atoms with Crippen molar-refractivity contribution in [2.24, 2.45) is 11.8 Å². The molecule has 0 radical (unpaired) electrons. The smallest absolute Gasteiger partial charge is 1.00 e. The number of carbonyl (C=O) groups is 1. The van der Waals surface area contributed by atoms with E-state index in [9.17, 15) is 18.7 Å². The largest absolute Gasteiger partial charge is 2.00 e.